The van der Waals surface area contributed by atoms with Crippen LogP contribution in [0, 0.1) is 6.92 Å². The van der Waals surface area contributed by atoms with E-state index in [1.807, 2.05) is 0 Å². The highest BCUT2D eigenvalue weighted by Gasteiger charge is 2.72. The summed E-state index contributed by atoms with van der Waals surface area (Å²) in [6.45, 7) is 0.976. The molecule has 0 aliphatic carbocycles. The van der Waals surface area contributed by atoms with Crippen LogP contribution in [0.1, 0.15) is 21.6 Å². The van der Waals surface area contributed by atoms with E-state index in [0.717, 1.165) is 6.92 Å². The molecule has 0 fully saturated rings. The maximum absolute atomic E-state index is 13.7. The van der Waals surface area contributed by atoms with Gasteiger partial charge in [0, 0.05) is 11.3 Å². The second kappa shape index (κ2) is 4.93. The van der Waals surface area contributed by atoms with E-state index in [0.29, 0.717) is 0 Å². The molecule has 2 N–H and O–H groups in total. The van der Waals surface area contributed by atoms with E-state index < -0.39 is 45.6 Å². The summed E-state index contributed by atoms with van der Waals surface area (Å²) >= 11 is 3.97. The zero-order valence-corrected chi connectivity index (χ0v) is 10.7. The third-order valence-corrected chi connectivity index (χ3v) is 2.71. The molecule has 1 aromatic rings. The molecule has 1 heterocycles. The van der Waals surface area contributed by atoms with Crippen molar-refractivity contribution in [3.8, 4) is 0 Å². The number of aromatic nitrogens is 1. The zero-order chi connectivity index (χ0) is 16.8. The van der Waals surface area contributed by atoms with E-state index in [-0.39, 0.29) is 6.07 Å². The van der Waals surface area contributed by atoms with Gasteiger partial charge in [-0.1, -0.05) is 0 Å². The van der Waals surface area contributed by atoms with Crippen LogP contribution >= 0.6 is 11.6 Å². The first-order chi connectivity index (χ1) is 9.23. The summed E-state index contributed by atoms with van der Waals surface area (Å²) in [5.74, 6) is -14.1. The Labute approximate surface area is 117 Å². The van der Waals surface area contributed by atoms with Crippen molar-refractivity contribution in [2.24, 2.45) is 0 Å². The molecule has 1 rings (SSSR count). The van der Waals surface area contributed by atoms with Crippen LogP contribution in [-0.4, -0.2) is 27.4 Å². The number of H-pyrrole nitrogens is 1. The molecule has 0 saturated heterocycles. The number of hydrogen-bond acceptors (Lipinski definition) is 2. The fourth-order valence-corrected chi connectivity index (χ4v) is 1.61. The second-order valence-electron chi connectivity index (χ2n) is 4.02. The first kappa shape index (κ1) is 17.3. The molecule has 0 saturated carbocycles. The summed E-state index contributed by atoms with van der Waals surface area (Å²) in [4.78, 5) is 23.8. The quantitative estimate of drug-likeness (QED) is 0.655. The Morgan fingerprint density at radius 2 is 1.71 bits per heavy atom. The van der Waals surface area contributed by atoms with Crippen LogP contribution in [-0.2, 0) is 5.92 Å². The number of carbonyl (C=O) groups is 1. The van der Waals surface area contributed by atoms with Gasteiger partial charge in [0.25, 0.3) is 5.56 Å². The van der Waals surface area contributed by atoms with Gasteiger partial charge in [-0.25, -0.2) is 4.79 Å². The van der Waals surface area contributed by atoms with Crippen molar-refractivity contribution in [2.75, 3.05) is 0 Å². The Hall–Kier alpha value is -1.71. The van der Waals surface area contributed by atoms with Gasteiger partial charge in [0.2, 0.25) is 0 Å². The van der Waals surface area contributed by atoms with Crippen molar-refractivity contribution >= 4 is 17.6 Å². The van der Waals surface area contributed by atoms with Gasteiger partial charge in [0.15, 0.2) is 0 Å². The number of nitrogens with one attached hydrogen (secondary N) is 1. The lowest BCUT2D eigenvalue weighted by Crippen LogP contribution is -2.50. The number of hydrogen-bond donors (Lipinski definition) is 2. The van der Waals surface area contributed by atoms with E-state index in [1.54, 1.807) is 4.98 Å². The summed E-state index contributed by atoms with van der Waals surface area (Å²) < 4.78 is 78.7. The number of pyridine rings is 1. The first-order valence-electron chi connectivity index (χ1n) is 5.03. The van der Waals surface area contributed by atoms with E-state index in [2.05, 4.69) is 11.6 Å². The summed E-state index contributed by atoms with van der Waals surface area (Å²) in [6.07, 6.45) is 0. The van der Waals surface area contributed by atoms with Gasteiger partial charge >= 0.3 is 23.2 Å². The number of rotatable bonds is 4. The Balaban J connectivity index is 3.74. The van der Waals surface area contributed by atoms with Crippen LogP contribution in [0.2, 0.25) is 0 Å². The van der Waals surface area contributed by atoms with Gasteiger partial charge in [-0.15, -0.1) is 0 Å². The van der Waals surface area contributed by atoms with Crippen LogP contribution in [0.25, 0.3) is 0 Å². The van der Waals surface area contributed by atoms with Crippen LogP contribution < -0.4 is 5.56 Å². The third-order valence-electron chi connectivity index (χ3n) is 2.47. The summed E-state index contributed by atoms with van der Waals surface area (Å²) in [7, 11) is 0. The minimum absolute atomic E-state index is 0.168. The van der Waals surface area contributed by atoms with E-state index in [1.165, 1.54) is 0 Å². The van der Waals surface area contributed by atoms with E-state index >= 15 is 0 Å². The van der Waals surface area contributed by atoms with Crippen LogP contribution in [0.3, 0.4) is 0 Å². The van der Waals surface area contributed by atoms with E-state index in [9.17, 15) is 35.9 Å². The molecule has 21 heavy (non-hydrogen) atoms. The van der Waals surface area contributed by atoms with Gasteiger partial charge in [-0.3, -0.25) is 4.79 Å². The van der Waals surface area contributed by atoms with Crippen molar-refractivity contribution in [2.45, 2.75) is 24.2 Å². The largest absolute Gasteiger partial charge is 0.477 e. The number of aromatic amines is 1. The molecule has 0 amide bonds. The van der Waals surface area contributed by atoms with Gasteiger partial charge in [-0.2, -0.15) is 26.3 Å². The summed E-state index contributed by atoms with van der Waals surface area (Å²) in [6, 6.07) is 0.168. The molecule has 11 heteroatoms. The Morgan fingerprint density at radius 3 is 2.10 bits per heavy atom. The highest BCUT2D eigenvalue weighted by atomic mass is 35.5. The fraction of sp³-hybridized carbons (Fsp3) is 0.400. The number of halogens is 7. The standard InChI is InChI=1S/C10H6ClF6NO3/c1-3-2-4(5(7(20)21)6(19)18-3)8(12,13)9(14,15)10(11,16)17/h2H,1H3,(H,18,19)(H,20,21). The topological polar surface area (TPSA) is 70.2 Å². The monoisotopic (exact) mass is 337 g/mol. The number of alkyl halides is 7. The molecule has 4 nitrogen and oxygen atoms in total. The van der Waals surface area contributed by atoms with Gasteiger partial charge < -0.3 is 10.1 Å². The van der Waals surface area contributed by atoms with Crippen molar-refractivity contribution in [3.63, 3.8) is 0 Å². The predicted octanol–water partition coefficient (Wildman–Crippen LogP) is 2.94. The molecule has 0 aromatic carbocycles. The highest BCUT2D eigenvalue weighted by molar-refractivity contribution is 6.22. The number of aromatic carboxylic acids is 1. The van der Waals surface area contributed by atoms with Crippen molar-refractivity contribution in [3.05, 3.63) is 33.2 Å². The summed E-state index contributed by atoms with van der Waals surface area (Å²) in [5.41, 5.74) is -5.88. The lowest BCUT2D eigenvalue weighted by Gasteiger charge is -2.30. The lowest BCUT2D eigenvalue weighted by molar-refractivity contribution is -0.286. The minimum atomic E-state index is -6.12. The van der Waals surface area contributed by atoms with Gasteiger partial charge in [0.1, 0.15) is 5.56 Å². The number of aryl methyl sites for hydroxylation is 1. The molecule has 0 atom stereocenters. The van der Waals surface area contributed by atoms with Crippen LogP contribution in [0.5, 0.6) is 0 Å². The normalized spacial score (nSPS) is 13.3. The molecule has 0 aliphatic heterocycles. The molecule has 0 unspecified atom stereocenters. The maximum Gasteiger partial charge on any atom is 0.390 e. The van der Waals surface area contributed by atoms with Crippen molar-refractivity contribution < 1.29 is 36.2 Å². The Morgan fingerprint density at radius 1 is 1.24 bits per heavy atom. The van der Waals surface area contributed by atoms with Gasteiger partial charge in [0.05, 0.1) is 0 Å². The molecule has 0 spiro atoms. The molecule has 1 aromatic heterocycles. The maximum atomic E-state index is 13.7. The smallest absolute Gasteiger partial charge is 0.390 e. The van der Waals surface area contributed by atoms with Crippen molar-refractivity contribution in [1.29, 1.82) is 0 Å². The van der Waals surface area contributed by atoms with Crippen LogP contribution in [0.4, 0.5) is 26.3 Å². The second-order valence-corrected chi connectivity index (χ2v) is 4.50. The first-order valence-corrected chi connectivity index (χ1v) is 5.41. The van der Waals surface area contributed by atoms with Crippen LogP contribution in [0.15, 0.2) is 10.9 Å². The van der Waals surface area contributed by atoms with E-state index in [4.69, 9.17) is 5.11 Å². The third kappa shape index (κ3) is 2.71. The zero-order valence-electron chi connectivity index (χ0n) is 9.99. The van der Waals surface area contributed by atoms with Gasteiger partial charge in [-0.05, 0) is 24.6 Å². The molecule has 0 aliphatic rings. The molecular weight excluding hydrogens is 332 g/mol. The Kier molecular flexibility index (Phi) is 4.07. The molecular formula is C10H6ClF6NO3. The average Bonchev–Trinajstić information content (AvgIpc) is 2.25. The molecule has 118 valence electrons. The fourth-order valence-electron chi connectivity index (χ4n) is 1.50. The van der Waals surface area contributed by atoms with Crippen molar-refractivity contribution in [1.82, 2.24) is 4.98 Å². The predicted molar refractivity (Wildman–Crippen MR) is 58.4 cm³/mol. The summed E-state index contributed by atoms with van der Waals surface area (Å²) in [5, 5.41) is 2.99. The lowest BCUT2D eigenvalue weighted by atomic mass is 9.97. The molecule has 0 bridgehead atoms. The number of carboxylic acids is 1. The highest BCUT2D eigenvalue weighted by Crippen LogP contribution is 2.53. The minimum Gasteiger partial charge on any atom is -0.477 e. The number of carboxylic acid groups (broad SMARTS) is 1. The Bertz CT molecular complexity index is 637. The molecule has 0 radical (unpaired) electrons. The SMILES string of the molecule is Cc1cc(C(F)(F)C(F)(F)C(F)(F)Cl)c(C(=O)O)c(=O)[nH]1. The average molecular weight is 338 g/mol.